The summed E-state index contributed by atoms with van der Waals surface area (Å²) in [5.74, 6) is 0. The zero-order valence-electron chi connectivity index (χ0n) is 22.6. The molecule has 33 heavy (non-hydrogen) atoms. The predicted molar refractivity (Wildman–Crippen MR) is 137 cm³/mol. The molecule has 0 spiro atoms. The molecule has 6 nitrogen and oxygen atoms in total. The highest BCUT2D eigenvalue weighted by atomic mass is 16.6. The highest BCUT2D eigenvalue weighted by molar-refractivity contribution is 5.67. The van der Waals surface area contributed by atoms with Gasteiger partial charge < -0.3 is 23.8 Å². The predicted octanol–water partition coefficient (Wildman–Crippen LogP) is 6.99. The summed E-state index contributed by atoms with van der Waals surface area (Å²) >= 11 is 0. The molecule has 0 aliphatic carbocycles. The third-order valence-electron chi connectivity index (χ3n) is 5.41. The first-order valence-corrected chi connectivity index (χ1v) is 13.5. The lowest BCUT2D eigenvalue weighted by molar-refractivity contribution is 0.00443. The van der Waals surface area contributed by atoms with Gasteiger partial charge >= 0.3 is 6.09 Å². The first-order chi connectivity index (χ1) is 15.9. The van der Waals surface area contributed by atoms with Crippen molar-refractivity contribution in [3.05, 3.63) is 0 Å². The van der Waals surface area contributed by atoms with E-state index in [9.17, 15) is 4.79 Å². The number of amides is 1. The number of likely N-dealkylation sites (N-methyl/N-ethyl adjacent to an activating group) is 1. The standard InChI is InChI=1S/C27H55NO5/c1-6-7-8-9-10-11-12-13-14-15-16-17-18-20-30-22-24-32-25-23-31-21-19-28(5)26(29)33-27(2,3)4/h6-25H2,1-5H3. The van der Waals surface area contributed by atoms with Crippen LogP contribution in [0.3, 0.4) is 0 Å². The van der Waals surface area contributed by atoms with Crippen LogP contribution < -0.4 is 0 Å². The summed E-state index contributed by atoms with van der Waals surface area (Å²) in [5.41, 5.74) is -0.477. The van der Waals surface area contributed by atoms with Gasteiger partial charge in [0.05, 0.1) is 33.0 Å². The molecule has 1 amide bonds. The second-order valence-electron chi connectivity index (χ2n) is 9.98. The Balaban J connectivity index is 3.19. The third kappa shape index (κ3) is 25.6. The van der Waals surface area contributed by atoms with Gasteiger partial charge in [-0.05, 0) is 27.2 Å². The Morgan fingerprint density at radius 1 is 0.606 bits per heavy atom. The Bertz CT molecular complexity index is 425. The number of unbranched alkanes of at least 4 members (excludes halogenated alkanes) is 12. The van der Waals surface area contributed by atoms with E-state index >= 15 is 0 Å². The number of hydrogen-bond donors (Lipinski definition) is 0. The van der Waals surface area contributed by atoms with E-state index in [0.717, 1.165) is 13.0 Å². The summed E-state index contributed by atoms with van der Waals surface area (Å²) < 4.78 is 21.9. The summed E-state index contributed by atoms with van der Waals surface area (Å²) in [4.78, 5) is 13.3. The monoisotopic (exact) mass is 473 g/mol. The van der Waals surface area contributed by atoms with Crippen molar-refractivity contribution in [1.29, 1.82) is 0 Å². The second kappa shape index (κ2) is 22.9. The molecule has 0 rings (SSSR count). The molecule has 0 unspecified atom stereocenters. The van der Waals surface area contributed by atoms with Crippen molar-refractivity contribution in [2.75, 3.05) is 53.2 Å². The summed E-state index contributed by atoms with van der Waals surface area (Å²) in [7, 11) is 1.71. The molecule has 0 heterocycles. The van der Waals surface area contributed by atoms with E-state index in [1.54, 1.807) is 7.05 Å². The molecular formula is C27H55NO5. The fourth-order valence-electron chi connectivity index (χ4n) is 3.40. The normalized spacial score (nSPS) is 11.7. The van der Waals surface area contributed by atoms with Crippen LogP contribution in [-0.4, -0.2) is 69.8 Å². The van der Waals surface area contributed by atoms with Gasteiger partial charge in [-0.1, -0.05) is 84.0 Å². The molecule has 0 aliphatic rings. The Labute approximate surface area is 205 Å². The van der Waals surface area contributed by atoms with Crippen molar-refractivity contribution >= 4 is 6.09 Å². The molecule has 0 saturated heterocycles. The zero-order chi connectivity index (χ0) is 24.6. The highest BCUT2D eigenvalue weighted by Gasteiger charge is 2.19. The molecule has 0 bridgehead atoms. The number of carbonyl (C=O) groups excluding carboxylic acids is 1. The first kappa shape index (κ1) is 32.1. The molecule has 0 N–H and O–H groups in total. The minimum atomic E-state index is -0.477. The maximum absolute atomic E-state index is 11.8. The van der Waals surface area contributed by atoms with Gasteiger partial charge in [0.2, 0.25) is 0 Å². The van der Waals surface area contributed by atoms with Crippen LogP contribution in [0.4, 0.5) is 4.79 Å². The molecule has 0 aromatic carbocycles. The second-order valence-corrected chi connectivity index (χ2v) is 9.98. The molecular weight excluding hydrogens is 418 g/mol. The van der Waals surface area contributed by atoms with Gasteiger partial charge in [-0.15, -0.1) is 0 Å². The number of carbonyl (C=O) groups is 1. The lowest BCUT2D eigenvalue weighted by Gasteiger charge is -2.24. The van der Waals surface area contributed by atoms with Crippen LogP contribution in [-0.2, 0) is 18.9 Å². The maximum Gasteiger partial charge on any atom is 0.410 e. The van der Waals surface area contributed by atoms with Crippen molar-refractivity contribution < 1.29 is 23.7 Å². The Morgan fingerprint density at radius 2 is 1.00 bits per heavy atom. The van der Waals surface area contributed by atoms with Crippen LogP contribution in [0.25, 0.3) is 0 Å². The van der Waals surface area contributed by atoms with Crippen LogP contribution in [0.1, 0.15) is 111 Å². The van der Waals surface area contributed by atoms with E-state index in [2.05, 4.69) is 6.92 Å². The molecule has 0 atom stereocenters. The van der Waals surface area contributed by atoms with Gasteiger partial charge in [-0.25, -0.2) is 4.79 Å². The van der Waals surface area contributed by atoms with Gasteiger partial charge in [-0.2, -0.15) is 0 Å². The third-order valence-corrected chi connectivity index (χ3v) is 5.41. The summed E-state index contributed by atoms with van der Waals surface area (Å²) in [5, 5.41) is 0. The number of hydrogen-bond acceptors (Lipinski definition) is 5. The Morgan fingerprint density at radius 3 is 1.45 bits per heavy atom. The molecule has 198 valence electrons. The molecule has 0 saturated carbocycles. The van der Waals surface area contributed by atoms with Gasteiger partial charge in [0.15, 0.2) is 0 Å². The van der Waals surface area contributed by atoms with Crippen molar-refractivity contribution in [1.82, 2.24) is 4.90 Å². The zero-order valence-corrected chi connectivity index (χ0v) is 22.6. The molecule has 0 aliphatic heterocycles. The SMILES string of the molecule is CCCCCCCCCCCCCCCOCCOCCOCCN(C)C(=O)OC(C)(C)C. The quantitative estimate of drug-likeness (QED) is 0.150. The Kier molecular flexibility index (Phi) is 22.3. The molecule has 0 aromatic rings. The summed E-state index contributed by atoms with van der Waals surface area (Å²) in [6.07, 6.45) is 17.5. The average molecular weight is 474 g/mol. The molecule has 0 aromatic heterocycles. The topological polar surface area (TPSA) is 57.2 Å². The number of rotatable bonds is 23. The summed E-state index contributed by atoms with van der Waals surface area (Å²) in [6.45, 7) is 11.9. The van der Waals surface area contributed by atoms with E-state index in [1.807, 2.05) is 20.8 Å². The maximum atomic E-state index is 11.8. The van der Waals surface area contributed by atoms with Crippen molar-refractivity contribution in [3.63, 3.8) is 0 Å². The van der Waals surface area contributed by atoms with Gasteiger partial charge in [-0.3, -0.25) is 0 Å². The first-order valence-electron chi connectivity index (χ1n) is 13.5. The molecule has 6 heteroatoms. The molecule has 0 radical (unpaired) electrons. The van der Waals surface area contributed by atoms with Crippen molar-refractivity contribution in [2.24, 2.45) is 0 Å². The smallest absolute Gasteiger partial charge is 0.410 e. The van der Waals surface area contributed by atoms with E-state index in [4.69, 9.17) is 18.9 Å². The fourth-order valence-corrected chi connectivity index (χ4v) is 3.40. The van der Waals surface area contributed by atoms with E-state index < -0.39 is 5.60 Å². The van der Waals surface area contributed by atoms with E-state index in [1.165, 1.54) is 81.9 Å². The van der Waals surface area contributed by atoms with Gasteiger partial charge in [0.25, 0.3) is 0 Å². The van der Waals surface area contributed by atoms with E-state index in [0.29, 0.717) is 39.6 Å². The van der Waals surface area contributed by atoms with Gasteiger partial charge in [0.1, 0.15) is 5.60 Å². The van der Waals surface area contributed by atoms with Crippen molar-refractivity contribution in [2.45, 2.75) is 117 Å². The largest absolute Gasteiger partial charge is 0.444 e. The summed E-state index contributed by atoms with van der Waals surface area (Å²) in [6, 6.07) is 0. The van der Waals surface area contributed by atoms with Crippen LogP contribution in [0.15, 0.2) is 0 Å². The molecule has 0 fully saturated rings. The van der Waals surface area contributed by atoms with Crippen LogP contribution in [0.5, 0.6) is 0 Å². The van der Waals surface area contributed by atoms with Crippen LogP contribution in [0.2, 0.25) is 0 Å². The highest BCUT2D eigenvalue weighted by Crippen LogP contribution is 2.12. The lowest BCUT2D eigenvalue weighted by atomic mass is 10.0. The van der Waals surface area contributed by atoms with E-state index in [-0.39, 0.29) is 6.09 Å². The minimum Gasteiger partial charge on any atom is -0.444 e. The lowest BCUT2D eigenvalue weighted by Crippen LogP contribution is -2.36. The van der Waals surface area contributed by atoms with Gasteiger partial charge in [0, 0.05) is 20.2 Å². The average Bonchev–Trinajstić information content (AvgIpc) is 2.76. The van der Waals surface area contributed by atoms with Crippen molar-refractivity contribution in [3.8, 4) is 0 Å². The van der Waals surface area contributed by atoms with Crippen LogP contribution in [0, 0.1) is 0 Å². The number of nitrogens with zero attached hydrogens (tertiary/aromatic N) is 1. The fraction of sp³-hybridized carbons (Fsp3) is 0.963. The Hall–Kier alpha value is -0.850. The number of ether oxygens (including phenoxy) is 4. The minimum absolute atomic E-state index is 0.331. The van der Waals surface area contributed by atoms with Crippen LogP contribution >= 0.6 is 0 Å².